The van der Waals surface area contributed by atoms with Gasteiger partial charge in [-0.2, -0.15) is 3.89 Å². The zero-order chi connectivity index (χ0) is 12.1. The van der Waals surface area contributed by atoms with Gasteiger partial charge in [-0.3, -0.25) is 4.98 Å². The van der Waals surface area contributed by atoms with Gasteiger partial charge in [-0.15, -0.1) is 0 Å². The predicted molar refractivity (Wildman–Crippen MR) is 66.8 cm³/mol. The molecule has 1 aromatic heterocycles. The molecule has 0 bridgehead atoms. The SMILES string of the molecule is OC(COc1ccc2ncccc2c1)CSF. The van der Waals surface area contributed by atoms with Gasteiger partial charge in [0.2, 0.25) is 0 Å². The molecule has 17 heavy (non-hydrogen) atoms. The second-order valence-corrected chi connectivity index (χ2v) is 4.15. The molecule has 1 heterocycles. The molecule has 0 saturated carbocycles. The van der Waals surface area contributed by atoms with Crippen molar-refractivity contribution >= 4 is 23.1 Å². The largest absolute Gasteiger partial charge is 0.491 e. The summed E-state index contributed by atoms with van der Waals surface area (Å²) < 4.78 is 17.2. The number of halogens is 1. The number of nitrogens with zero attached hydrogens (tertiary/aromatic N) is 1. The van der Waals surface area contributed by atoms with Crippen LogP contribution in [0.5, 0.6) is 5.75 Å². The van der Waals surface area contributed by atoms with Crippen LogP contribution >= 0.6 is 12.1 Å². The second-order valence-electron chi connectivity index (χ2n) is 3.60. The molecule has 0 radical (unpaired) electrons. The van der Waals surface area contributed by atoms with E-state index in [1.54, 1.807) is 12.3 Å². The maximum atomic E-state index is 11.9. The molecule has 2 aromatic rings. The van der Waals surface area contributed by atoms with Gasteiger partial charge in [0, 0.05) is 23.7 Å². The molecule has 3 nitrogen and oxygen atoms in total. The fraction of sp³-hybridized carbons (Fsp3) is 0.250. The van der Waals surface area contributed by atoms with Crippen LogP contribution in [0.1, 0.15) is 0 Å². The molecule has 0 aliphatic carbocycles. The van der Waals surface area contributed by atoms with E-state index in [1.165, 1.54) is 0 Å². The standard InChI is InChI=1S/C12H12FNO2S/c13-17-8-10(15)7-16-11-3-4-12-9(6-11)2-1-5-14-12/h1-6,10,15H,7-8H2. The topological polar surface area (TPSA) is 42.4 Å². The fourth-order valence-electron chi connectivity index (χ4n) is 1.46. The first-order valence-corrected chi connectivity index (χ1v) is 6.07. The molecule has 0 saturated heterocycles. The van der Waals surface area contributed by atoms with Gasteiger partial charge >= 0.3 is 0 Å². The Morgan fingerprint density at radius 3 is 3.12 bits per heavy atom. The second kappa shape index (κ2) is 5.84. The Kier molecular flexibility index (Phi) is 4.17. The minimum absolute atomic E-state index is 0.0230. The van der Waals surface area contributed by atoms with Crippen molar-refractivity contribution in [3.63, 3.8) is 0 Å². The number of aromatic nitrogens is 1. The van der Waals surface area contributed by atoms with Gasteiger partial charge in [-0.1, -0.05) is 6.07 Å². The number of benzene rings is 1. The van der Waals surface area contributed by atoms with Crippen LogP contribution in [0.4, 0.5) is 3.89 Å². The zero-order valence-electron chi connectivity index (χ0n) is 9.04. The summed E-state index contributed by atoms with van der Waals surface area (Å²) in [5, 5.41) is 10.3. The van der Waals surface area contributed by atoms with Gasteiger partial charge in [-0.05, 0) is 24.3 Å². The van der Waals surface area contributed by atoms with Gasteiger partial charge < -0.3 is 9.84 Å². The fourth-order valence-corrected chi connectivity index (χ4v) is 1.70. The lowest BCUT2D eigenvalue weighted by atomic mass is 10.2. The van der Waals surface area contributed by atoms with Crippen molar-refractivity contribution in [1.29, 1.82) is 0 Å². The lowest BCUT2D eigenvalue weighted by Crippen LogP contribution is -2.19. The molecule has 90 valence electrons. The Bertz CT molecular complexity index is 495. The number of hydrogen-bond acceptors (Lipinski definition) is 4. The summed E-state index contributed by atoms with van der Waals surface area (Å²) in [5.41, 5.74) is 0.889. The van der Waals surface area contributed by atoms with E-state index in [0.29, 0.717) is 5.75 Å². The van der Waals surface area contributed by atoms with E-state index in [9.17, 15) is 8.99 Å². The normalized spacial score (nSPS) is 12.6. The number of pyridine rings is 1. The van der Waals surface area contributed by atoms with Crippen LogP contribution in [0, 0.1) is 0 Å². The summed E-state index contributed by atoms with van der Waals surface area (Å²) >= 11 is 0.107. The first-order valence-electron chi connectivity index (χ1n) is 5.19. The maximum absolute atomic E-state index is 11.9. The Morgan fingerprint density at radius 1 is 1.41 bits per heavy atom. The van der Waals surface area contributed by atoms with Crippen molar-refractivity contribution in [2.75, 3.05) is 12.4 Å². The van der Waals surface area contributed by atoms with Gasteiger partial charge in [0.25, 0.3) is 0 Å². The molecule has 1 aromatic carbocycles. The highest BCUT2D eigenvalue weighted by molar-refractivity contribution is 7.94. The third-order valence-corrected chi connectivity index (χ3v) is 2.78. The molecule has 0 aliphatic heterocycles. The summed E-state index contributed by atoms with van der Waals surface area (Å²) in [6, 6.07) is 9.26. The van der Waals surface area contributed by atoms with Crippen LogP contribution in [0.15, 0.2) is 36.5 Å². The summed E-state index contributed by atoms with van der Waals surface area (Å²) in [6.07, 6.45) is 0.931. The van der Waals surface area contributed by atoms with E-state index in [-0.39, 0.29) is 24.5 Å². The number of ether oxygens (including phenoxy) is 1. The van der Waals surface area contributed by atoms with E-state index in [0.717, 1.165) is 10.9 Å². The van der Waals surface area contributed by atoms with Crippen LogP contribution < -0.4 is 4.74 Å². The maximum Gasteiger partial charge on any atom is 0.120 e. The van der Waals surface area contributed by atoms with Gasteiger partial charge in [0.15, 0.2) is 0 Å². The predicted octanol–water partition coefficient (Wildman–Crippen LogP) is 2.59. The first kappa shape index (κ1) is 12.1. The van der Waals surface area contributed by atoms with Crippen molar-refractivity contribution in [2.45, 2.75) is 6.10 Å². The lowest BCUT2D eigenvalue weighted by molar-refractivity contribution is 0.126. The first-order chi connectivity index (χ1) is 8.29. The number of hydrogen-bond donors (Lipinski definition) is 1. The Labute approximate surface area is 103 Å². The van der Waals surface area contributed by atoms with Crippen LogP contribution in [0.3, 0.4) is 0 Å². The summed E-state index contributed by atoms with van der Waals surface area (Å²) in [7, 11) is 0. The van der Waals surface area contributed by atoms with Gasteiger partial charge in [-0.25, -0.2) is 0 Å². The molecule has 2 rings (SSSR count). The van der Waals surface area contributed by atoms with Crippen LogP contribution in [0.2, 0.25) is 0 Å². The van der Waals surface area contributed by atoms with E-state index >= 15 is 0 Å². The molecule has 0 aliphatic rings. The van der Waals surface area contributed by atoms with Gasteiger partial charge in [0.05, 0.1) is 17.4 Å². The molecular formula is C12H12FNO2S. The minimum Gasteiger partial charge on any atom is -0.491 e. The highest BCUT2D eigenvalue weighted by Gasteiger charge is 2.06. The Morgan fingerprint density at radius 2 is 2.29 bits per heavy atom. The molecular weight excluding hydrogens is 241 g/mol. The van der Waals surface area contributed by atoms with Crippen molar-refractivity contribution in [1.82, 2.24) is 4.98 Å². The number of aliphatic hydroxyl groups is 1. The number of rotatable bonds is 5. The molecule has 0 amide bonds. The van der Waals surface area contributed by atoms with Crippen molar-refractivity contribution < 1.29 is 13.7 Å². The molecule has 1 unspecified atom stereocenters. The monoisotopic (exact) mass is 253 g/mol. The van der Waals surface area contributed by atoms with Gasteiger partial charge in [0.1, 0.15) is 12.4 Å². The van der Waals surface area contributed by atoms with Crippen LogP contribution in [0.25, 0.3) is 10.9 Å². The number of aliphatic hydroxyl groups excluding tert-OH is 1. The quantitative estimate of drug-likeness (QED) is 0.889. The summed E-state index contributed by atoms with van der Waals surface area (Å²) in [6.45, 7) is 0.0860. The third kappa shape index (κ3) is 3.31. The molecule has 0 fully saturated rings. The summed E-state index contributed by atoms with van der Waals surface area (Å²) in [4.78, 5) is 4.19. The van der Waals surface area contributed by atoms with E-state index in [1.807, 2.05) is 24.3 Å². The Hall–Kier alpha value is -1.33. The zero-order valence-corrected chi connectivity index (χ0v) is 9.86. The number of fused-ring (bicyclic) bond motifs is 1. The highest BCUT2D eigenvalue weighted by atomic mass is 32.2. The van der Waals surface area contributed by atoms with Crippen molar-refractivity contribution in [3.05, 3.63) is 36.5 Å². The van der Waals surface area contributed by atoms with E-state index in [4.69, 9.17) is 4.74 Å². The highest BCUT2D eigenvalue weighted by Crippen LogP contribution is 2.19. The van der Waals surface area contributed by atoms with Crippen LogP contribution in [-0.2, 0) is 0 Å². The smallest absolute Gasteiger partial charge is 0.120 e. The molecule has 5 heteroatoms. The molecule has 0 spiro atoms. The third-order valence-electron chi connectivity index (χ3n) is 2.27. The van der Waals surface area contributed by atoms with E-state index < -0.39 is 6.10 Å². The van der Waals surface area contributed by atoms with Crippen LogP contribution in [-0.4, -0.2) is 28.6 Å². The van der Waals surface area contributed by atoms with Crippen molar-refractivity contribution in [2.24, 2.45) is 0 Å². The lowest BCUT2D eigenvalue weighted by Gasteiger charge is -2.10. The summed E-state index contributed by atoms with van der Waals surface area (Å²) in [5.74, 6) is 0.670. The average Bonchev–Trinajstić information content (AvgIpc) is 2.36. The van der Waals surface area contributed by atoms with E-state index in [2.05, 4.69) is 4.98 Å². The molecule has 1 atom stereocenters. The molecule has 1 N–H and O–H groups in total. The van der Waals surface area contributed by atoms with Crippen molar-refractivity contribution in [3.8, 4) is 5.75 Å². The Balaban J connectivity index is 2.04. The average molecular weight is 253 g/mol. The minimum atomic E-state index is -0.797.